The standard InChI is InChI=1S/C16H16BrNO2S/c1-11(21-15-9-7-14(20-2)8-10-15)16(19)18-13-5-3-12(17)4-6-13/h3-11H,1-2H3,(H,18,19)/t11-/m0/s1. The van der Waals surface area contributed by atoms with E-state index in [9.17, 15) is 4.79 Å². The second kappa shape index (κ2) is 7.52. The second-order valence-corrected chi connectivity index (χ2v) is 6.76. The maximum atomic E-state index is 12.2. The van der Waals surface area contributed by atoms with Crippen LogP contribution in [0.3, 0.4) is 0 Å². The zero-order chi connectivity index (χ0) is 15.2. The highest BCUT2D eigenvalue weighted by atomic mass is 79.9. The Kier molecular flexibility index (Phi) is 5.70. The molecule has 0 radical (unpaired) electrons. The molecular formula is C16H16BrNO2S. The molecule has 1 N–H and O–H groups in total. The van der Waals surface area contributed by atoms with Crippen LogP contribution in [0.4, 0.5) is 5.69 Å². The lowest BCUT2D eigenvalue weighted by atomic mass is 10.3. The summed E-state index contributed by atoms with van der Waals surface area (Å²) in [6, 6.07) is 15.2. The number of methoxy groups -OCH3 is 1. The number of amides is 1. The minimum absolute atomic E-state index is 0.0156. The van der Waals surface area contributed by atoms with Crippen LogP contribution in [-0.4, -0.2) is 18.3 Å². The number of carbonyl (C=O) groups excluding carboxylic acids is 1. The molecule has 0 fully saturated rings. The van der Waals surface area contributed by atoms with Crippen molar-refractivity contribution in [3.05, 3.63) is 53.0 Å². The molecule has 110 valence electrons. The summed E-state index contributed by atoms with van der Waals surface area (Å²) in [6.45, 7) is 1.89. The lowest BCUT2D eigenvalue weighted by molar-refractivity contribution is -0.115. The fourth-order valence-electron chi connectivity index (χ4n) is 1.69. The summed E-state index contributed by atoms with van der Waals surface area (Å²) in [5, 5.41) is 2.73. The molecule has 0 aliphatic rings. The third kappa shape index (κ3) is 4.79. The first-order chi connectivity index (χ1) is 10.1. The van der Waals surface area contributed by atoms with Gasteiger partial charge in [0.05, 0.1) is 12.4 Å². The van der Waals surface area contributed by atoms with Crippen molar-refractivity contribution in [3.63, 3.8) is 0 Å². The molecule has 0 spiro atoms. The largest absolute Gasteiger partial charge is 0.497 e. The summed E-state index contributed by atoms with van der Waals surface area (Å²) < 4.78 is 6.11. The Bertz CT molecular complexity index is 599. The number of nitrogens with one attached hydrogen (secondary N) is 1. The van der Waals surface area contributed by atoms with Gasteiger partial charge in [0.1, 0.15) is 5.75 Å². The molecule has 0 aliphatic heterocycles. The van der Waals surface area contributed by atoms with Crippen molar-refractivity contribution >= 4 is 39.3 Å². The highest BCUT2D eigenvalue weighted by Crippen LogP contribution is 2.26. The summed E-state index contributed by atoms with van der Waals surface area (Å²) in [5.74, 6) is 0.796. The fraction of sp³-hybridized carbons (Fsp3) is 0.188. The predicted molar refractivity (Wildman–Crippen MR) is 91.1 cm³/mol. The minimum Gasteiger partial charge on any atom is -0.497 e. The zero-order valence-electron chi connectivity index (χ0n) is 11.8. The monoisotopic (exact) mass is 365 g/mol. The van der Waals surface area contributed by atoms with E-state index in [1.165, 1.54) is 11.8 Å². The first-order valence-electron chi connectivity index (χ1n) is 6.45. The van der Waals surface area contributed by atoms with E-state index in [4.69, 9.17) is 4.74 Å². The SMILES string of the molecule is COc1ccc(S[C@@H](C)C(=O)Nc2ccc(Br)cc2)cc1. The molecule has 0 aliphatic carbocycles. The van der Waals surface area contributed by atoms with E-state index >= 15 is 0 Å². The van der Waals surface area contributed by atoms with Gasteiger partial charge in [-0.3, -0.25) is 4.79 Å². The average molecular weight is 366 g/mol. The number of thioether (sulfide) groups is 1. The van der Waals surface area contributed by atoms with Crippen molar-refractivity contribution in [2.24, 2.45) is 0 Å². The number of anilines is 1. The maximum absolute atomic E-state index is 12.2. The van der Waals surface area contributed by atoms with E-state index < -0.39 is 0 Å². The van der Waals surface area contributed by atoms with Gasteiger partial charge in [0, 0.05) is 15.1 Å². The summed E-state index contributed by atoms with van der Waals surface area (Å²) in [7, 11) is 1.64. The number of hydrogen-bond donors (Lipinski definition) is 1. The lowest BCUT2D eigenvalue weighted by Crippen LogP contribution is -2.22. The topological polar surface area (TPSA) is 38.3 Å². The summed E-state index contributed by atoms with van der Waals surface area (Å²) >= 11 is 4.89. The molecule has 2 aromatic rings. The van der Waals surface area contributed by atoms with E-state index in [1.54, 1.807) is 7.11 Å². The van der Waals surface area contributed by atoms with Crippen LogP contribution < -0.4 is 10.1 Å². The number of hydrogen-bond acceptors (Lipinski definition) is 3. The van der Waals surface area contributed by atoms with Crippen molar-refractivity contribution in [1.82, 2.24) is 0 Å². The van der Waals surface area contributed by atoms with Crippen LogP contribution in [0.1, 0.15) is 6.92 Å². The average Bonchev–Trinajstić information content (AvgIpc) is 2.50. The zero-order valence-corrected chi connectivity index (χ0v) is 14.2. The summed E-state index contributed by atoms with van der Waals surface area (Å²) in [6.07, 6.45) is 0. The third-order valence-corrected chi connectivity index (χ3v) is 4.49. The molecule has 0 aromatic heterocycles. The van der Waals surface area contributed by atoms with Crippen LogP contribution >= 0.6 is 27.7 Å². The van der Waals surface area contributed by atoms with Gasteiger partial charge in [0.2, 0.25) is 5.91 Å². The van der Waals surface area contributed by atoms with Crippen molar-refractivity contribution in [1.29, 1.82) is 0 Å². The highest BCUT2D eigenvalue weighted by molar-refractivity contribution is 9.10. The maximum Gasteiger partial charge on any atom is 0.237 e. The van der Waals surface area contributed by atoms with Crippen LogP contribution in [0, 0.1) is 0 Å². The number of carbonyl (C=O) groups is 1. The molecule has 0 bridgehead atoms. The third-order valence-electron chi connectivity index (χ3n) is 2.85. The molecule has 5 heteroatoms. The van der Waals surface area contributed by atoms with Gasteiger partial charge in [-0.15, -0.1) is 11.8 Å². The molecule has 2 aromatic carbocycles. The molecular weight excluding hydrogens is 350 g/mol. The molecule has 2 rings (SSSR count). The van der Waals surface area contributed by atoms with Gasteiger partial charge in [-0.25, -0.2) is 0 Å². The van der Waals surface area contributed by atoms with E-state index in [2.05, 4.69) is 21.2 Å². The van der Waals surface area contributed by atoms with Crippen LogP contribution in [-0.2, 0) is 4.79 Å². The van der Waals surface area contributed by atoms with Gasteiger partial charge in [-0.1, -0.05) is 15.9 Å². The molecule has 0 saturated carbocycles. The van der Waals surface area contributed by atoms with E-state index in [1.807, 2.05) is 55.5 Å². The van der Waals surface area contributed by atoms with Crippen LogP contribution in [0.5, 0.6) is 5.75 Å². The lowest BCUT2D eigenvalue weighted by Gasteiger charge is -2.12. The molecule has 1 atom stereocenters. The van der Waals surface area contributed by atoms with Crippen LogP contribution in [0.2, 0.25) is 0 Å². The number of halogens is 1. The Balaban J connectivity index is 1.93. The highest BCUT2D eigenvalue weighted by Gasteiger charge is 2.14. The van der Waals surface area contributed by atoms with E-state index in [0.29, 0.717) is 0 Å². The summed E-state index contributed by atoms with van der Waals surface area (Å²) in [4.78, 5) is 13.2. The quantitative estimate of drug-likeness (QED) is 0.788. The first kappa shape index (κ1) is 15.9. The smallest absolute Gasteiger partial charge is 0.237 e. The molecule has 0 unspecified atom stereocenters. The normalized spacial score (nSPS) is 11.8. The molecule has 0 saturated heterocycles. The molecule has 0 heterocycles. The minimum atomic E-state index is -0.179. The van der Waals surface area contributed by atoms with Crippen molar-refractivity contribution in [2.45, 2.75) is 17.1 Å². The fourth-order valence-corrected chi connectivity index (χ4v) is 2.82. The van der Waals surface area contributed by atoms with Gasteiger partial charge < -0.3 is 10.1 Å². The summed E-state index contributed by atoms with van der Waals surface area (Å²) in [5.41, 5.74) is 0.797. The Morgan fingerprint density at radius 2 is 1.76 bits per heavy atom. The van der Waals surface area contributed by atoms with Crippen molar-refractivity contribution in [2.75, 3.05) is 12.4 Å². The number of benzene rings is 2. The molecule has 21 heavy (non-hydrogen) atoms. The van der Waals surface area contributed by atoms with E-state index in [0.717, 1.165) is 20.8 Å². The molecule has 3 nitrogen and oxygen atoms in total. The van der Waals surface area contributed by atoms with Gasteiger partial charge >= 0.3 is 0 Å². The van der Waals surface area contributed by atoms with Crippen LogP contribution in [0.25, 0.3) is 0 Å². The van der Waals surface area contributed by atoms with Crippen molar-refractivity contribution in [3.8, 4) is 5.75 Å². The van der Waals surface area contributed by atoms with Crippen molar-refractivity contribution < 1.29 is 9.53 Å². The first-order valence-corrected chi connectivity index (χ1v) is 8.13. The van der Waals surface area contributed by atoms with Gasteiger partial charge in [0.15, 0.2) is 0 Å². The van der Waals surface area contributed by atoms with Gasteiger partial charge in [-0.05, 0) is 55.5 Å². The Labute approximate surface area is 137 Å². The molecule has 1 amide bonds. The Hall–Kier alpha value is -1.46. The number of rotatable bonds is 5. The van der Waals surface area contributed by atoms with Gasteiger partial charge in [0.25, 0.3) is 0 Å². The van der Waals surface area contributed by atoms with Gasteiger partial charge in [-0.2, -0.15) is 0 Å². The Morgan fingerprint density at radius 3 is 2.33 bits per heavy atom. The van der Waals surface area contributed by atoms with E-state index in [-0.39, 0.29) is 11.2 Å². The van der Waals surface area contributed by atoms with Crippen LogP contribution in [0.15, 0.2) is 57.9 Å². The Morgan fingerprint density at radius 1 is 1.14 bits per heavy atom. The second-order valence-electron chi connectivity index (χ2n) is 4.43. The predicted octanol–water partition coefficient (Wildman–Crippen LogP) is 4.58. The number of ether oxygens (including phenoxy) is 1.